The van der Waals surface area contributed by atoms with E-state index in [-0.39, 0.29) is 0 Å². The van der Waals surface area contributed by atoms with Crippen LogP contribution in [0.5, 0.6) is 5.75 Å². The Hall–Kier alpha value is -0.781. The molecule has 1 nitrogen and oxygen atoms in total. The minimum absolute atomic E-state index is 0.895. The Labute approximate surface area is 164 Å². The van der Waals surface area contributed by atoms with Crippen molar-refractivity contribution in [3.8, 4) is 5.75 Å². The molecule has 0 N–H and O–H groups in total. The predicted octanol–water partition coefficient (Wildman–Crippen LogP) is 4.32. The Morgan fingerprint density at radius 2 is 1.17 bits per heavy atom. The summed E-state index contributed by atoms with van der Waals surface area (Å²) in [6.07, 6.45) is 0. The first-order valence-electron chi connectivity index (χ1n) is 7.72. The van der Waals surface area contributed by atoms with E-state index in [0.717, 1.165) is 5.75 Å². The molecule has 3 aromatic carbocycles. The van der Waals surface area contributed by atoms with Gasteiger partial charge in [0.2, 0.25) is 0 Å². The molecule has 0 aliphatic rings. The third-order valence-corrected chi connectivity index (χ3v) is 20.9. The molecular formula is C20H18Br2OSn. The van der Waals surface area contributed by atoms with Crippen molar-refractivity contribution in [1.82, 2.24) is 0 Å². The number of rotatable bonds is 4. The average Bonchev–Trinajstić information content (AvgIpc) is 2.62. The quantitative estimate of drug-likeness (QED) is 0.438. The van der Waals surface area contributed by atoms with E-state index < -0.39 is 18.4 Å². The molecule has 0 amide bonds. The Bertz CT molecular complexity index is 801. The molecule has 0 atom stereocenters. The second-order valence-electron chi connectivity index (χ2n) is 5.81. The van der Waals surface area contributed by atoms with Gasteiger partial charge in [-0.15, -0.1) is 0 Å². The molecule has 0 radical (unpaired) electrons. The first-order chi connectivity index (χ1) is 11.6. The topological polar surface area (TPSA) is 9.23 Å². The summed E-state index contributed by atoms with van der Waals surface area (Å²) < 4.78 is 12.0. The van der Waals surface area contributed by atoms with Crippen LogP contribution >= 0.6 is 31.9 Å². The van der Waals surface area contributed by atoms with Crippen molar-refractivity contribution in [2.45, 2.75) is 4.94 Å². The minimum atomic E-state index is -3.10. The van der Waals surface area contributed by atoms with Crippen molar-refractivity contribution in [3.05, 3.63) is 81.7 Å². The van der Waals surface area contributed by atoms with Gasteiger partial charge in [-0.1, -0.05) is 0 Å². The van der Waals surface area contributed by atoms with Crippen LogP contribution in [0.15, 0.2) is 81.7 Å². The van der Waals surface area contributed by atoms with Crippen molar-refractivity contribution in [2.75, 3.05) is 7.11 Å². The van der Waals surface area contributed by atoms with Gasteiger partial charge in [0, 0.05) is 0 Å². The van der Waals surface area contributed by atoms with Gasteiger partial charge >= 0.3 is 165 Å². The molecular weight excluding hydrogens is 535 g/mol. The van der Waals surface area contributed by atoms with E-state index in [9.17, 15) is 0 Å². The summed E-state index contributed by atoms with van der Waals surface area (Å²) in [5, 5.41) is 0. The van der Waals surface area contributed by atoms with Crippen molar-refractivity contribution in [1.29, 1.82) is 0 Å². The number of ether oxygens (including phenoxy) is 1. The number of hydrogen-bond donors (Lipinski definition) is 0. The van der Waals surface area contributed by atoms with Crippen molar-refractivity contribution in [2.24, 2.45) is 0 Å². The zero-order chi connectivity index (χ0) is 17.2. The van der Waals surface area contributed by atoms with Crippen LogP contribution in [0.1, 0.15) is 0 Å². The maximum atomic E-state index is 5.35. The molecule has 122 valence electrons. The van der Waals surface area contributed by atoms with Gasteiger partial charge in [-0.05, 0) is 0 Å². The Morgan fingerprint density at radius 1 is 0.708 bits per heavy atom. The molecule has 0 bridgehead atoms. The third kappa shape index (κ3) is 3.31. The summed E-state index contributed by atoms with van der Waals surface area (Å²) in [6.45, 7) is 0. The molecule has 0 saturated carbocycles. The van der Waals surface area contributed by atoms with Gasteiger partial charge in [-0.25, -0.2) is 0 Å². The molecule has 0 saturated heterocycles. The molecule has 0 aliphatic heterocycles. The van der Waals surface area contributed by atoms with E-state index in [2.05, 4.69) is 110 Å². The van der Waals surface area contributed by atoms with E-state index in [1.807, 2.05) is 0 Å². The van der Waals surface area contributed by atoms with Crippen LogP contribution in [0.4, 0.5) is 0 Å². The zero-order valence-electron chi connectivity index (χ0n) is 13.6. The SMILES string of the molecule is COc1cc[c]([Sn]([CH3])([c]2ccccc2Br)[c]2ccccc2Br)cc1. The second kappa shape index (κ2) is 7.63. The first kappa shape index (κ1) is 18.0. The van der Waals surface area contributed by atoms with E-state index in [4.69, 9.17) is 4.74 Å². The Morgan fingerprint density at radius 3 is 1.58 bits per heavy atom. The summed E-state index contributed by atoms with van der Waals surface area (Å²) in [6, 6.07) is 25.8. The van der Waals surface area contributed by atoms with E-state index in [0.29, 0.717) is 0 Å². The van der Waals surface area contributed by atoms with Crippen LogP contribution in [0.2, 0.25) is 4.94 Å². The van der Waals surface area contributed by atoms with E-state index in [1.165, 1.54) is 19.7 Å². The maximum absolute atomic E-state index is 5.35. The molecule has 3 rings (SSSR count). The molecule has 0 aliphatic carbocycles. The number of methoxy groups -OCH3 is 1. The molecule has 24 heavy (non-hydrogen) atoms. The zero-order valence-corrected chi connectivity index (χ0v) is 19.6. The molecule has 0 fully saturated rings. The summed E-state index contributed by atoms with van der Waals surface area (Å²) in [4.78, 5) is 2.47. The first-order valence-corrected chi connectivity index (χ1v) is 16.4. The Balaban J connectivity index is 2.28. The van der Waals surface area contributed by atoms with E-state index in [1.54, 1.807) is 7.11 Å². The van der Waals surface area contributed by atoms with Crippen LogP contribution < -0.4 is 15.5 Å². The van der Waals surface area contributed by atoms with Gasteiger partial charge in [0.15, 0.2) is 0 Å². The summed E-state index contributed by atoms with van der Waals surface area (Å²) in [7, 11) is 1.71. The van der Waals surface area contributed by atoms with Crippen LogP contribution in [-0.2, 0) is 0 Å². The molecule has 0 aromatic heterocycles. The van der Waals surface area contributed by atoms with Gasteiger partial charge in [-0.3, -0.25) is 0 Å². The number of benzene rings is 3. The van der Waals surface area contributed by atoms with E-state index >= 15 is 0 Å². The van der Waals surface area contributed by atoms with Crippen molar-refractivity contribution < 1.29 is 4.74 Å². The normalized spacial score (nSPS) is 11.3. The van der Waals surface area contributed by atoms with Crippen molar-refractivity contribution >= 4 is 61.0 Å². The van der Waals surface area contributed by atoms with Crippen LogP contribution in [0.3, 0.4) is 0 Å². The average molecular weight is 553 g/mol. The third-order valence-electron chi connectivity index (χ3n) is 4.49. The van der Waals surface area contributed by atoms with Gasteiger partial charge in [-0.2, -0.15) is 0 Å². The van der Waals surface area contributed by atoms with Crippen molar-refractivity contribution in [3.63, 3.8) is 0 Å². The fourth-order valence-corrected chi connectivity index (χ4v) is 19.6. The fourth-order valence-electron chi connectivity index (χ4n) is 3.11. The number of halogens is 2. The predicted molar refractivity (Wildman–Crippen MR) is 112 cm³/mol. The Kier molecular flexibility index (Phi) is 5.73. The second-order valence-corrected chi connectivity index (χ2v) is 18.7. The molecule has 0 spiro atoms. The van der Waals surface area contributed by atoms with Crippen LogP contribution in [0, 0.1) is 0 Å². The summed E-state index contributed by atoms with van der Waals surface area (Å²) >= 11 is 4.48. The van der Waals surface area contributed by atoms with Gasteiger partial charge in [0.25, 0.3) is 0 Å². The molecule has 4 heteroatoms. The standard InChI is InChI=1S/C7H7O.2C6H4Br.CH3.Sn/c1-8-7-5-3-2-4-6-7;2*7-6-4-2-1-3-5-6;;/h3-6H,1H3;2*1-4H;1H3;. The fraction of sp³-hybridized carbons (Fsp3) is 0.100. The summed E-state index contributed by atoms with van der Waals surface area (Å²) in [5.41, 5.74) is 0. The monoisotopic (exact) mass is 552 g/mol. The number of hydrogen-bond acceptors (Lipinski definition) is 1. The van der Waals surface area contributed by atoms with Gasteiger partial charge in [0.05, 0.1) is 0 Å². The molecule has 0 heterocycles. The summed E-state index contributed by atoms with van der Waals surface area (Å²) in [5.74, 6) is 0.895. The van der Waals surface area contributed by atoms with Gasteiger partial charge < -0.3 is 0 Å². The van der Waals surface area contributed by atoms with Gasteiger partial charge in [0.1, 0.15) is 0 Å². The molecule has 0 unspecified atom stereocenters. The van der Waals surface area contributed by atoms with Crippen LogP contribution in [0.25, 0.3) is 0 Å². The molecule has 3 aromatic rings. The van der Waals surface area contributed by atoms with Crippen LogP contribution in [-0.4, -0.2) is 25.5 Å².